The van der Waals surface area contributed by atoms with Gasteiger partial charge in [-0.25, -0.2) is 4.79 Å². The Labute approximate surface area is 208 Å². The third-order valence-electron chi connectivity index (χ3n) is 6.18. The van der Waals surface area contributed by atoms with E-state index in [-0.39, 0.29) is 11.8 Å². The van der Waals surface area contributed by atoms with Crippen LogP contribution >= 0.6 is 0 Å². The Kier molecular flexibility index (Phi) is 8.54. The van der Waals surface area contributed by atoms with Crippen molar-refractivity contribution in [3.8, 4) is 0 Å². The van der Waals surface area contributed by atoms with Gasteiger partial charge in [0.2, 0.25) is 11.8 Å². The summed E-state index contributed by atoms with van der Waals surface area (Å²) in [6.45, 7) is 6.33. The number of benzene rings is 2. The zero-order valence-corrected chi connectivity index (χ0v) is 21.4. The van der Waals surface area contributed by atoms with Gasteiger partial charge in [0.05, 0.1) is 0 Å². The van der Waals surface area contributed by atoms with Crippen LogP contribution in [0.2, 0.25) is 0 Å². The highest BCUT2D eigenvalue weighted by Gasteiger charge is 2.40. The molecule has 0 unspecified atom stereocenters. The number of amides is 3. The molecule has 1 fully saturated rings. The van der Waals surface area contributed by atoms with Crippen molar-refractivity contribution in [3.05, 3.63) is 71.8 Å². The van der Waals surface area contributed by atoms with Crippen LogP contribution in [0.5, 0.6) is 0 Å². The van der Waals surface area contributed by atoms with Crippen molar-refractivity contribution in [2.75, 3.05) is 20.6 Å². The standard InChI is InChI=1S/C28H37N3O4/c1-28(2,3)35-27(34)31-18-12-17-23(31)26(33)30(5)24(19-21-13-8-6-9-14-21)25(32)29(4)20-22-15-10-7-11-16-22/h6-11,13-16,23-24H,12,17-20H2,1-5H3/t23-,24-/m0/s1. The molecular formula is C28H37N3O4. The van der Waals surface area contributed by atoms with Crippen LogP contribution in [-0.2, 0) is 27.3 Å². The number of carbonyl (C=O) groups is 3. The molecule has 0 radical (unpaired) electrons. The summed E-state index contributed by atoms with van der Waals surface area (Å²) in [5.41, 5.74) is 1.34. The maximum Gasteiger partial charge on any atom is 0.410 e. The Bertz CT molecular complexity index is 1000. The molecule has 1 heterocycles. The molecule has 1 saturated heterocycles. The molecule has 1 aliphatic rings. The predicted molar refractivity (Wildman–Crippen MR) is 136 cm³/mol. The number of likely N-dealkylation sites (N-methyl/N-ethyl adjacent to an activating group) is 2. The van der Waals surface area contributed by atoms with Crippen molar-refractivity contribution >= 4 is 17.9 Å². The molecular weight excluding hydrogens is 442 g/mol. The molecule has 0 spiro atoms. The van der Waals surface area contributed by atoms with Gasteiger partial charge >= 0.3 is 6.09 Å². The first kappa shape index (κ1) is 26.3. The summed E-state index contributed by atoms with van der Waals surface area (Å²) in [6.07, 6.45) is 1.16. The number of hydrogen-bond donors (Lipinski definition) is 0. The normalized spacial score (nSPS) is 16.5. The van der Waals surface area contributed by atoms with Crippen LogP contribution in [0.25, 0.3) is 0 Å². The second-order valence-electron chi connectivity index (χ2n) is 10.2. The molecule has 0 bridgehead atoms. The van der Waals surface area contributed by atoms with E-state index in [0.717, 1.165) is 11.1 Å². The molecule has 3 amide bonds. The average molecular weight is 480 g/mol. The minimum atomic E-state index is -0.695. The van der Waals surface area contributed by atoms with Gasteiger partial charge in [-0.15, -0.1) is 0 Å². The van der Waals surface area contributed by atoms with Gasteiger partial charge in [-0.3, -0.25) is 14.5 Å². The molecule has 0 aliphatic carbocycles. The summed E-state index contributed by atoms with van der Waals surface area (Å²) < 4.78 is 5.53. The maximum atomic E-state index is 13.6. The van der Waals surface area contributed by atoms with Crippen LogP contribution in [0.4, 0.5) is 4.79 Å². The molecule has 0 N–H and O–H groups in total. The van der Waals surface area contributed by atoms with Gasteiger partial charge < -0.3 is 14.5 Å². The highest BCUT2D eigenvalue weighted by molar-refractivity contribution is 5.91. The fraction of sp³-hybridized carbons (Fsp3) is 0.464. The molecule has 2 aromatic rings. The molecule has 3 rings (SSSR count). The van der Waals surface area contributed by atoms with E-state index in [1.807, 2.05) is 60.7 Å². The van der Waals surface area contributed by atoms with E-state index in [1.54, 1.807) is 39.8 Å². The first-order valence-corrected chi connectivity index (χ1v) is 12.2. The van der Waals surface area contributed by atoms with E-state index in [0.29, 0.717) is 32.4 Å². The van der Waals surface area contributed by atoms with E-state index in [2.05, 4.69) is 0 Å². The van der Waals surface area contributed by atoms with Gasteiger partial charge in [0.15, 0.2) is 0 Å². The van der Waals surface area contributed by atoms with Crippen LogP contribution in [0.15, 0.2) is 60.7 Å². The maximum absolute atomic E-state index is 13.6. The Morgan fingerprint density at radius 2 is 1.54 bits per heavy atom. The minimum absolute atomic E-state index is 0.143. The largest absolute Gasteiger partial charge is 0.444 e. The second-order valence-corrected chi connectivity index (χ2v) is 10.2. The molecule has 2 aromatic carbocycles. The van der Waals surface area contributed by atoms with Crippen molar-refractivity contribution in [3.63, 3.8) is 0 Å². The monoisotopic (exact) mass is 479 g/mol. The zero-order valence-electron chi connectivity index (χ0n) is 21.4. The van der Waals surface area contributed by atoms with Gasteiger partial charge in [-0.05, 0) is 44.7 Å². The van der Waals surface area contributed by atoms with E-state index < -0.39 is 23.8 Å². The van der Waals surface area contributed by atoms with Gasteiger partial charge in [-0.1, -0.05) is 60.7 Å². The van der Waals surface area contributed by atoms with Gasteiger partial charge in [-0.2, -0.15) is 0 Å². The minimum Gasteiger partial charge on any atom is -0.444 e. The molecule has 2 atom stereocenters. The fourth-order valence-corrected chi connectivity index (χ4v) is 4.37. The number of rotatable bonds is 7. The molecule has 0 aromatic heterocycles. The lowest BCUT2D eigenvalue weighted by molar-refractivity contribution is -0.146. The summed E-state index contributed by atoms with van der Waals surface area (Å²) in [7, 11) is 3.42. The highest BCUT2D eigenvalue weighted by atomic mass is 16.6. The average Bonchev–Trinajstić information content (AvgIpc) is 3.32. The zero-order chi connectivity index (χ0) is 25.6. The molecule has 0 saturated carbocycles. The number of hydrogen-bond acceptors (Lipinski definition) is 4. The van der Waals surface area contributed by atoms with E-state index in [9.17, 15) is 14.4 Å². The quantitative estimate of drug-likeness (QED) is 0.599. The van der Waals surface area contributed by atoms with Crippen LogP contribution in [-0.4, -0.2) is 70.9 Å². The lowest BCUT2D eigenvalue weighted by atomic mass is 10.0. The van der Waals surface area contributed by atoms with Crippen molar-refractivity contribution in [2.24, 2.45) is 0 Å². The summed E-state index contributed by atoms with van der Waals surface area (Å²) in [4.78, 5) is 44.7. The van der Waals surface area contributed by atoms with Crippen LogP contribution in [0, 0.1) is 0 Å². The van der Waals surface area contributed by atoms with E-state index in [1.165, 1.54) is 9.80 Å². The second kappa shape index (κ2) is 11.4. The van der Waals surface area contributed by atoms with Gasteiger partial charge in [0.1, 0.15) is 17.7 Å². The smallest absolute Gasteiger partial charge is 0.410 e. The Morgan fingerprint density at radius 1 is 0.971 bits per heavy atom. The number of nitrogens with zero attached hydrogens (tertiary/aromatic N) is 3. The SMILES string of the molecule is CN(Cc1ccccc1)C(=O)[C@H](Cc1ccccc1)N(C)C(=O)[C@@H]1CCCN1C(=O)OC(C)(C)C. The van der Waals surface area contributed by atoms with Crippen LogP contribution in [0.1, 0.15) is 44.7 Å². The fourth-order valence-electron chi connectivity index (χ4n) is 4.37. The van der Waals surface area contributed by atoms with E-state index in [4.69, 9.17) is 4.74 Å². The molecule has 1 aliphatic heterocycles. The highest BCUT2D eigenvalue weighted by Crippen LogP contribution is 2.24. The Morgan fingerprint density at radius 3 is 2.11 bits per heavy atom. The van der Waals surface area contributed by atoms with Crippen molar-refractivity contribution in [1.82, 2.24) is 14.7 Å². The van der Waals surface area contributed by atoms with Crippen LogP contribution < -0.4 is 0 Å². The summed E-state index contributed by atoms with van der Waals surface area (Å²) in [6, 6.07) is 18.1. The lowest BCUT2D eigenvalue weighted by Gasteiger charge is -2.35. The van der Waals surface area contributed by atoms with Crippen LogP contribution in [0.3, 0.4) is 0 Å². The molecule has 188 valence electrons. The summed E-state index contributed by atoms with van der Waals surface area (Å²) >= 11 is 0. The third-order valence-corrected chi connectivity index (χ3v) is 6.18. The van der Waals surface area contributed by atoms with E-state index >= 15 is 0 Å². The number of likely N-dealkylation sites (tertiary alicyclic amines) is 1. The molecule has 35 heavy (non-hydrogen) atoms. The van der Waals surface area contributed by atoms with Crippen molar-refractivity contribution in [2.45, 2.75) is 64.3 Å². The third kappa shape index (κ3) is 7.07. The molecule has 7 nitrogen and oxygen atoms in total. The summed E-state index contributed by atoms with van der Waals surface area (Å²) in [5, 5.41) is 0. The van der Waals surface area contributed by atoms with Gasteiger partial charge in [0, 0.05) is 33.6 Å². The molecule has 7 heteroatoms. The van der Waals surface area contributed by atoms with Crippen molar-refractivity contribution in [1.29, 1.82) is 0 Å². The van der Waals surface area contributed by atoms with Gasteiger partial charge in [0.25, 0.3) is 0 Å². The lowest BCUT2D eigenvalue weighted by Crippen LogP contribution is -2.55. The summed E-state index contributed by atoms with van der Waals surface area (Å²) in [5.74, 6) is -0.383. The number of ether oxygens (including phenoxy) is 1. The topological polar surface area (TPSA) is 70.2 Å². The Hall–Kier alpha value is -3.35. The number of carbonyl (C=O) groups excluding carboxylic acids is 3. The van der Waals surface area contributed by atoms with Crippen molar-refractivity contribution < 1.29 is 19.1 Å². The first-order chi connectivity index (χ1) is 16.6. The first-order valence-electron chi connectivity index (χ1n) is 12.2. The predicted octanol–water partition coefficient (Wildman–Crippen LogP) is 4.11. The Balaban J connectivity index is 1.81.